The number of rotatable bonds is 2. The smallest absolute Gasteiger partial charge is 0.0850 e. The topological polar surface area (TPSA) is 49.5 Å². The molecular weight excluding hydrogens is 200 g/mol. The summed E-state index contributed by atoms with van der Waals surface area (Å²) in [5.74, 6) is 0.309. The number of aliphatic hydroxyl groups is 1. The molecule has 88 valence electrons. The zero-order valence-corrected chi connectivity index (χ0v) is 9.76. The lowest BCUT2D eigenvalue weighted by Crippen LogP contribution is -2.35. The number of anilines is 1. The summed E-state index contributed by atoms with van der Waals surface area (Å²) in [6.07, 6.45) is 1.81. The standard InChI is InChI=1S/C13H20N2O/c1-15-8-4-5-10(9-15)13(16)11-6-2-3-7-12(11)14/h2-3,6-7,10,13,16H,4-5,8-9,14H2,1H3. The molecule has 0 bridgehead atoms. The molecule has 1 saturated heterocycles. The van der Waals surface area contributed by atoms with Crippen LogP contribution in [0.15, 0.2) is 24.3 Å². The van der Waals surface area contributed by atoms with Crippen LogP contribution in [0.5, 0.6) is 0 Å². The number of likely N-dealkylation sites (tertiary alicyclic amines) is 1. The third-order valence-corrected chi connectivity index (χ3v) is 3.42. The normalized spacial score (nSPS) is 24.2. The summed E-state index contributed by atoms with van der Waals surface area (Å²) in [5.41, 5.74) is 7.46. The molecule has 3 N–H and O–H groups in total. The van der Waals surface area contributed by atoms with Crippen molar-refractivity contribution in [1.29, 1.82) is 0 Å². The van der Waals surface area contributed by atoms with Crippen LogP contribution in [-0.2, 0) is 0 Å². The minimum Gasteiger partial charge on any atom is -0.398 e. The molecule has 1 heterocycles. The SMILES string of the molecule is CN1CCCC(C(O)c2ccccc2N)C1. The van der Waals surface area contributed by atoms with Crippen molar-refractivity contribution in [2.45, 2.75) is 18.9 Å². The summed E-state index contributed by atoms with van der Waals surface area (Å²) >= 11 is 0. The Bertz CT molecular complexity index is 354. The molecule has 3 nitrogen and oxygen atoms in total. The number of nitrogen functional groups attached to an aromatic ring is 1. The van der Waals surface area contributed by atoms with E-state index >= 15 is 0 Å². The van der Waals surface area contributed by atoms with Gasteiger partial charge in [0.25, 0.3) is 0 Å². The van der Waals surface area contributed by atoms with Crippen LogP contribution in [-0.4, -0.2) is 30.1 Å². The number of aliphatic hydroxyl groups excluding tert-OH is 1. The van der Waals surface area contributed by atoms with Gasteiger partial charge in [-0.25, -0.2) is 0 Å². The van der Waals surface area contributed by atoms with E-state index in [4.69, 9.17) is 5.73 Å². The van der Waals surface area contributed by atoms with Gasteiger partial charge in [-0.15, -0.1) is 0 Å². The minimum atomic E-state index is -0.427. The number of benzene rings is 1. The predicted molar refractivity (Wildman–Crippen MR) is 66.0 cm³/mol. The highest BCUT2D eigenvalue weighted by molar-refractivity contribution is 5.47. The molecule has 16 heavy (non-hydrogen) atoms. The number of para-hydroxylation sites is 1. The monoisotopic (exact) mass is 220 g/mol. The Balaban J connectivity index is 2.12. The van der Waals surface area contributed by atoms with Crippen LogP contribution < -0.4 is 5.73 Å². The lowest BCUT2D eigenvalue weighted by Gasteiger charge is -2.33. The van der Waals surface area contributed by atoms with Crippen LogP contribution in [0.25, 0.3) is 0 Å². The van der Waals surface area contributed by atoms with Crippen LogP contribution in [0.1, 0.15) is 24.5 Å². The molecule has 0 aromatic heterocycles. The van der Waals surface area contributed by atoms with Gasteiger partial charge in [0.05, 0.1) is 6.10 Å². The molecule has 3 heteroatoms. The Hall–Kier alpha value is -1.06. The fourth-order valence-corrected chi connectivity index (χ4v) is 2.50. The average Bonchev–Trinajstić information content (AvgIpc) is 2.29. The minimum absolute atomic E-state index is 0.309. The van der Waals surface area contributed by atoms with E-state index < -0.39 is 6.10 Å². The first-order valence-corrected chi connectivity index (χ1v) is 5.89. The number of nitrogens with two attached hydrogens (primary N) is 1. The predicted octanol–water partition coefficient (Wildman–Crippen LogP) is 1.64. The van der Waals surface area contributed by atoms with Crippen molar-refractivity contribution in [2.24, 2.45) is 5.92 Å². The third-order valence-electron chi connectivity index (χ3n) is 3.42. The lowest BCUT2D eigenvalue weighted by atomic mass is 9.88. The first-order chi connectivity index (χ1) is 7.68. The second kappa shape index (κ2) is 4.85. The fourth-order valence-electron chi connectivity index (χ4n) is 2.50. The highest BCUT2D eigenvalue weighted by Gasteiger charge is 2.26. The third kappa shape index (κ3) is 2.36. The summed E-state index contributed by atoms with van der Waals surface area (Å²) in [7, 11) is 2.10. The molecule has 0 aliphatic carbocycles. The molecule has 1 aliphatic heterocycles. The van der Waals surface area contributed by atoms with Crippen molar-refractivity contribution in [3.63, 3.8) is 0 Å². The highest BCUT2D eigenvalue weighted by atomic mass is 16.3. The Morgan fingerprint density at radius 3 is 2.88 bits per heavy atom. The maximum atomic E-state index is 10.3. The van der Waals surface area contributed by atoms with Gasteiger partial charge in [-0.2, -0.15) is 0 Å². The number of hydrogen-bond donors (Lipinski definition) is 2. The molecule has 2 rings (SSSR count). The largest absolute Gasteiger partial charge is 0.398 e. The summed E-state index contributed by atoms with van der Waals surface area (Å²) in [6.45, 7) is 2.09. The van der Waals surface area contributed by atoms with Gasteiger partial charge in [0, 0.05) is 23.7 Å². The average molecular weight is 220 g/mol. The summed E-state index contributed by atoms with van der Waals surface area (Å²) < 4.78 is 0. The molecule has 1 aromatic carbocycles. The van der Waals surface area contributed by atoms with Crippen molar-refractivity contribution < 1.29 is 5.11 Å². The molecule has 0 saturated carbocycles. The Morgan fingerprint density at radius 1 is 1.44 bits per heavy atom. The van der Waals surface area contributed by atoms with Crippen molar-refractivity contribution in [3.8, 4) is 0 Å². The van der Waals surface area contributed by atoms with Crippen LogP contribution >= 0.6 is 0 Å². The molecule has 1 fully saturated rings. The molecule has 1 aliphatic rings. The Labute approximate surface area is 96.9 Å². The molecule has 2 atom stereocenters. The van der Waals surface area contributed by atoms with Gasteiger partial charge < -0.3 is 15.7 Å². The van der Waals surface area contributed by atoms with Crippen molar-refractivity contribution in [2.75, 3.05) is 25.9 Å². The Kier molecular flexibility index (Phi) is 3.46. The lowest BCUT2D eigenvalue weighted by molar-refractivity contribution is 0.0597. The molecule has 1 aromatic rings. The van der Waals surface area contributed by atoms with Gasteiger partial charge in [0.15, 0.2) is 0 Å². The van der Waals surface area contributed by atoms with Crippen LogP contribution in [0.3, 0.4) is 0 Å². The fraction of sp³-hybridized carbons (Fsp3) is 0.538. The van der Waals surface area contributed by atoms with Crippen LogP contribution in [0, 0.1) is 5.92 Å². The Morgan fingerprint density at radius 2 is 2.19 bits per heavy atom. The molecule has 0 spiro atoms. The molecule has 2 unspecified atom stereocenters. The van der Waals surface area contributed by atoms with Gasteiger partial charge >= 0.3 is 0 Å². The van der Waals surface area contributed by atoms with E-state index in [1.807, 2.05) is 24.3 Å². The molecule has 0 radical (unpaired) electrons. The first kappa shape index (κ1) is 11.4. The van der Waals surface area contributed by atoms with Gasteiger partial charge in [-0.1, -0.05) is 18.2 Å². The first-order valence-electron chi connectivity index (χ1n) is 5.89. The van der Waals surface area contributed by atoms with E-state index in [9.17, 15) is 5.11 Å². The van der Waals surface area contributed by atoms with E-state index in [1.165, 1.54) is 0 Å². The maximum absolute atomic E-state index is 10.3. The van der Waals surface area contributed by atoms with Crippen molar-refractivity contribution in [1.82, 2.24) is 4.90 Å². The van der Waals surface area contributed by atoms with E-state index in [0.29, 0.717) is 11.6 Å². The van der Waals surface area contributed by atoms with Crippen LogP contribution in [0.2, 0.25) is 0 Å². The number of nitrogens with zero attached hydrogens (tertiary/aromatic N) is 1. The summed E-state index contributed by atoms with van der Waals surface area (Å²) in [4.78, 5) is 2.27. The second-order valence-electron chi connectivity index (χ2n) is 4.74. The quantitative estimate of drug-likeness (QED) is 0.745. The van der Waals surface area contributed by atoms with Gasteiger partial charge in [-0.05, 0) is 32.5 Å². The van der Waals surface area contributed by atoms with Gasteiger partial charge in [0.2, 0.25) is 0 Å². The zero-order chi connectivity index (χ0) is 11.5. The van der Waals surface area contributed by atoms with Crippen molar-refractivity contribution >= 4 is 5.69 Å². The van der Waals surface area contributed by atoms with E-state index in [2.05, 4.69) is 11.9 Å². The van der Waals surface area contributed by atoms with Crippen molar-refractivity contribution in [3.05, 3.63) is 29.8 Å². The molecule has 0 amide bonds. The highest BCUT2D eigenvalue weighted by Crippen LogP contribution is 2.31. The number of hydrogen-bond acceptors (Lipinski definition) is 3. The number of piperidine rings is 1. The van der Waals surface area contributed by atoms with E-state index in [0.717, 1.165) is 31.5 Å². The van der Waals surface area contributed by atoms with Gasteiger partial charge in [-0.3, -0.25) is 0 Å². The second-order valence-corrected chi connectivity index (χ2v) is 4.74. The maximum Gasteiger partial charge on any atom is 0.0850 e. The summed E-state index contributed by atoms with van der Waals surface area (Å²) in [6, 6.07) is 7.61. The van der Waals surface area contributed by atoms with Gasteiger partial charge in [0.1, 0.15) is 0 Å². The zero-order valence-electron chi connectivity index (χ0n) is 9.76. The van der Waals surface area contributed by atoms with Crippen LogP contribution in [0.4, 0.5) is 5.69 Å². The van der Waals surface area contributed by atoms with E-state index in [-0.39, 0.29) is 0 Å². The molecular formula is C13H20N2O. The van der Waals surface area contributed by atoms with E-state index in [1.54, 1.807) is 0 Å². The summed E-state index contributed by atoms with van der Waals surface area (Å²) in [5, 5.41) is 10.3.